The number of carbonyl (C=O) groups is 1. The van der Waals surface area contributed by atoms with Gasteiger partial charge in [0.1, 0.15) is 18.2 Å². The number of halogens is 1. The van der Waals surface area contributed by atoms with Gasteiger partial charge in [-0.1, -0.05) is 12.1 Å². The molecule has 0 saturated heterocycles. The third kappa shape index (κ3) is 7.55. The molecule has 1 aliphatic rings. The lowest BCUT2D eigenvalue weighted by atomic mass is 10.1. The van der Waals surface area contributed by atoms with Crippen LogP contribution in [-0.2, 0) is 16.0 Å². The summed E-state index contributed by atoms with van der Waals surface area (Å²) in [6, 6.07) is 12.4. The van der Waals surface area contributed by atoms with E-state index in [2.05, 4.69) is 10.2 Å². The maximum absolute atomic E-state index is 13.4. The van der Waals surface area contributed by atoms with Gasteiger partial charge in [0, 0.05) is 31.3 Å². The first-order valence-electron chi connectivity index (χ1n) is 10.3. The lowest BCUT2D eigenvalue weighted by Gasteiger charge is -2.31. The Balaban J connectivity index is 0.00000341. The second-order valence-corrected chi connectivity index (χ2v) is 7.64. The molecule has 0 spiro atoms. The fraction of sp³-hybridized carbons (Fsp3) is 0.435. The molecule has 6 nitrogen and oxygen atoms in total. The molecule has 1 unspecified atom stereocenters. The van der Waals surface area contributed by atoms with Crippen molar-refractivity contribution in [3.63, 3.8) is 0 Å². The molecule has 1 atom stereocenters. The van der Waals surface area contributed by atoms with E-state index in [1.807, 2.05) is 38.1 Å². The molecule has 1 heterocycles. The molecular weight excluding hydrogens is 412 g/mol. The quantitative estimate of drug-likeness (QED) is 0.435. The normalized spacial score (nSPS) is 13.7. The number of benzene rings is 2. The first-order chi connectivity index (χ1) is 14.4. The van der Waals surface area contributed by atoms with Gasteiger partial charge in [0.2, 0.25) is 0 Å². The first kappa shape index (κ1) is 25.2. The predicted octanol–water partition coefficient (Wildman–Crippen LogP) is 3.03. The monoisotopic (exact) mass is 442 g/mol. The smallest absolute Gasteiger partial charge is 0.333 e. The van der Waals surface area contributed by atoms with E-state index >= 15 is 0 Å². The fourth-order valence-electron chi connectivity index (χ4n) is 3.48. The van der Waals surface area contributed by atoms with Crippen LogP contribution in [-0.4, -0.2) is 72.6 Å². The highest BCUT2D eigenvalue weighted by Crippen LogP contribution is 2.32. The molecule has 8 heteroatoms. The van der Waals surface area contributed by atoms with Crippen molar-refractivity contribution in [1.29, 1.82) is 0 Å². The molecule has 166 valence electrons. The van der Waals surface area contributed by atoms with Gasteiger partial charge in [-0.2, -0.15) is 0 Å². The van der Waals surface area contributed by atoms with Gasteiger partial charge in [-0.05, 0) is 50.1 Å². The standard InChI is InChI=1S/C23H29FN2O4.Mg.2H/c1-16(2)30-22(23(27)28)14-17-4-7-19(8-5-17)25-10-3-11-26-12-13-29-21-15-18(24)6-9-20(21)26;;;/h4-9,15-16,22,25H,3,10-14H2,1-2H3,(H,27,28);;;. The molecule has 0 aromatic heterocycles. The third-order valence-electron chi connectivity index (χ3n) is 4.90. The molecule has 0 saturated carbocycles. The second-order valence-electron chi connectivity index (χ2n) is 7.64. The Labute approximate surface area is 198 Å². The molecule has 0 radical (unpaired) electrons. The Kier molecular flexibility index (Phi) is 9.86. The van der Waals surface area contributed by atoms with E-state index in [-0.39, 0.29) is 35.0 Å². The summed E-state index contributed by atoms with van der Waals surface area (Å²) in [6.07, 6.45) is 0.283. The number of ether oxygens (including phenoxy) is 2. The van der Waals surface area contributed by atoms with Crippen LogP contribution in [0.15, 0.2) is 42.5 Å². The SMILES string of the molecule is CC(C)OC(Cc1ccc(NCCCN2CCOc3cc(F)ccc32)cc1)C(=O)O.[MgH2]. The maximum Gasteiger partial charge on any atom is 0.333 e. The van der Waals surface area contributed by atoms with Gasteiger partial charge in [0.15, 0.2) is 6.10 Å². The van der Waals surface area contributed by atoms with Crippen molar-refractivity contribution in [3.05, 3.63) is 53.8 Å². The van der Waals surface area contributed by atoms with E-state index in [1.54, 1.807) is 6.07 Å². The second kappa shape index (κ2) is 12.1. The van der Waals surface area contributed by atoms with E-state index in [1.165, 1.54) is 12.1 Å². The molecule has 1 aliphatic heterocycles. The minimum atomic E-state index is -0.946. The highest BCUT2D eigenvalue weighted by molar-refractivity contribution is 5.75. The Morgan fingerprint density at radius 2 is 2.00 bits per heavy atom. The summed E-state index contributed by atoms with van der Waals surface area (Å²) in [7, 11) is 0. The highest BCUT2D eigenvalue weighted by atomic mass is 24.3. The maximum atomic E-state index is 13.4. The van der Waals surface area contributed by atoms with Crippen molar-refractivity contribution in [2.75, 3.05) is 36.5 Å². The average molecular weight is 443 g/mol. The topological polar surface area (TPSA) is 71.0 Å². The zero-order chi connectivity index (χ0) is 21.5. The Hall–Kier alpha value is -2.03. The van der Waals surface area contributed by atoms with Crippen molar-refractivity contribution in [2.45, 2.75) is 38.9 Å². The molecule has 2 aromatic rings. The summed E-state index contributed by atoms with van der Waals surface area (Å²) in [4.78, 5) is 13.5. The van der Waals surface area contributed by atoms with Crippen LogP contribution in [0.1, 0.15) is 25.8 Å². The van der Waals surface area contributed by atoms with Gasteiger partial charge in [0.05, 0.1) is 18.3 Å². The van der Waals surface area contributed by atoms with E-state index < -0.39 is 12.1 Å². The Bertz CT molecular complexity index is 848. The third-order valence-corrected chi connectivity index (χ3v) is 4.90. The first-order valence-corrected chi connectivity index (χ1v) is 10.3. The van der Waals surface area contributed by atoms with Crippen LogP contribution in [0.2, 0.25) is 0 Å². The van der Waals surface area contributed by atoms with E-state index in [9.17, 15) is 14.3 Å². The van der Waals surface area contributed by atoms with Gasteiger partial charge in [-0.3, -0.25) is 0 Å². The number of hydrogen-bond donors (Lipinski definition) is 2. The van der Waals surface area contributed by atoms with Gasteiger partial charge < -0.3 is 24.8 Å². The zero-order valence-electron chi connectivity index (χ0n) is 17.4. The van der Waals surface area contributed by atoms with Crippen molar-refractivity contribution in [3.8, 4) is 5.75 Å². The number of nitrogens with zero attached hydrogens (tertiary/aromatic N) is 1. The number of carboxylic acid groups (broad SMARTS) is 1. The van der Waals surface area contributed by atoms with Crippen molar-refractivity contribution < 1.29 is 23.8 Å². The highest BCUT2D eigenvalue weighted by Gasteiger charge is 2.20. The molecule has 3 rings (SSSR count). The summed E-state index contributed by atoms with van der Waals surface area (Å²) in [5.41, 5.74) is 2.84. The van der Waals surface area contributed by atoms with Crippen molar-refractivity contribution in [1.82, 2.24) is 0 Å². The van der Waals surface area contributed by atoms with E-state index in [0.717, 1.165) is 43.0 Å². The van der Waals surface area contributed by atoms with Crippen LogP contribution in [0.25, 0.3) is 0 Å². The average Bonchev–Trinajstić information content (AvgIpc) is 2.71. The number of anilines is 2. The lowest BCUT2D eigenvalue weighted by molar-refractivity contribution is -0.153. The molecule has 2 aromatic carbocycles. The van der Waals surface area contributed by atoms with Gasteiger partial charge >= 0.3 is 29.0 Å². The van der Waals surface area contributed by atoms with Crippen LogP contribution < -0.4 is 15.0 Å². The van der Waals surface area contributed by atoms with Gasteiger partial charge in [-0.15, -0.1) is 0 Å². The summed E-state index contributed by atoms with van der Waals surface area (Å²) < 4.78 is 24.4. The molecule has 0 aliphatic carbocycles. The molecule has 31 heavy (non-hydrogen) atoms. The summed E-state index contributed by atoms with van der Waals surface area (Å²) in [5, 5.41) is 12.7. The van der Waals surface area contributed by atoms with Crippen LogP contribution in [0, 0.1) is 5.82 Å². The van der Waals surface area contributed by atoms with Crippen molar-refractivity contribution in [2.24, 2.45) is 0 Å². The molecular formula is C23H31FMgN2O4. The Morgan fingerprint density at radius 1 is 1.26 bits per heavy atom. The minimum absolute atomic E-state index is 0. The van der Waals surface area contributed by atoms with Crippen LogP contribution >= 0.6 is 0 Å². The molecule has 0 amide bonds. The van der Waals surface area contributed by atoms with Crippen LogP contribution in [0.3, 0.4) is 0 Å². The molecule has 0 fully saturated rings. The number of nitrogens with one attached hydrogen (secondary N) is 1. The van der Waals surface area contributed by atoms with E-state index in [4.69, 9.17) is 9.47 Å². The zero-order valence-corrected chi connectivity index (χ0v) is 17.4. The number of carboxylic acids is 1. The number of rotatable bonds is 10. The van der Waals surface area contributed by atoms with E-state index in [0.29, 0.717) is 18.8 Å². The van der Waals surface area contributed by atoms with Crippen LogP contribution in [0.4, 0.5) is 15.8 Å². The number of hydrogen-bond acceptors (Lipinski definition) is 5. The summed E-state index contributed by atoms with van der Waals surface area (Å²) in [5.74, 6) is -0.629. The van der Waals surface area contributed by atoms with Gasteiger partial charge in [0.25, 0.3) is 0 Å². The lowest BCUT2D eigenvalue weighted by Crippen LogP contribution is -2.34. The summed E-state index contributed by atoms with van der Waals surface area (Å²) >= 11 is 0. The molecule has 0 bridgehead atoms. The number of aliphatic carboxylic acids is 1. The van der Waals surface area contributed by atoms with Crippen molar-refractivity contribution >= 4 is 40.4 Å². The minimum Gasteiger partial charge on any atom is -0.489 e. The Morgan fingerprint density at radius 3 is 2.68 bits per heavy atom. The largest absolute Gasteiger partial charge is 0.489 e. The molecule has 2 N–H and O–H groups in total. The summed E-state index contributed by atoms with van der Waals surface area (Å²) in [6.45, 7) is 6.65. The fourth-order valence-corrected chi connectivity index (χ4v) is 3.48. The predicted molar refractivity (Wildman–Crippen MR) is 124 cm³/mol. The van der Waals surface area contributed by atoms with Crippen LogP contribution in [0.5, 0.6) is 5.75 Å². The number of fused-ring (bicyclic) bond motifs is 1. The van der Waals surface area contributed by atoms with Gasteiger partial charge in [-0.25, -0.2) is 9.18 Å².